The highest BCUT2D eigenvalue weighted by Crippen LogP contribution is 2.28. The Kier molecular flexibility index (Phi) is 6.89. The molecule has 2 unspecified atom stereocenters. The number of urea groups is 1. The number of ether oxygens (including phenoxy) is 1. The number of benzene rings is 2. The van der Waals surface area contributed by atoms with Crippen LogP contribution in [0.3, 0.4) is 0 Å². The minimum Gasteiger partial charge on any atom is -0.481 e. The van der Waals surface area contributed by atoms with E-state index in [-0.39, 0.29) is 0 Å². The van der Waals surface area contributed by atoms with Crippen molar-refractivity contribution in [1.82, 2.24) is 15.5 Å². The molecule has 166 valence electrons. The number of carboxylic acids is 1. The number of carboxylic acid groups (broad SMARTS) is 1. The maximum absolute atomic E-state index is 12.5. The number of nitrogens with one attached hydrogen (secondary N) is 2. The number of hydrogen-bond acceptors (Lipinski definition) is 5. The third kappa shape index (κ3) is 5.51. The van der Waals surface area contributed by atoms with Gasteiger partial charge in [-0.3, -0.25) is 14.4 Å². The molecule has 9 heteroatoms. The molecule has 3 amide bonds. The van der Waals surface area contributed by atoms with E-state index in [0.29, 0.717) is 17.1 Å². The Labute approximate surface area is 184 Å². The predicted octanol–water partition coefficient (Wildman–Crippen LogP) is 2.53. The number of para-hydroxylation sites is 1. The Morgan fingerprint density at radius 3 is 2.62 bits per heavy atom. The molecule has 0 spiro atoms. The van der Waals surface area contributed by atoms with E-state index >= 15 is 0 Å². The van der Waals surface area contributed by atoms with Crippen molar-refractivity contribution in [3.8, 4) is 11.5 Å². The predicted molar refractivity (Wildman–Crippen MR) is 115 cm³/mol. The fraction of sp³-hybridized carbons (Fsp3) is 0.217. The van der Waals surface area contributed by atoms with Crippen LogP contribution in [0.15, 0.2) is 60.8 Å². The second-order valence-corrected chi connectivity index (χ2v) is 7.31. The molecule has 3 rings (SSSR count). The number of likely N-dealkylation sites (N-methyl/N-ethyl adjacent to an activating group) is 1. The number of hydrogen-bond donors (Lipinski definition) is 3. The first kappa shape index (κ1) is 22.5. The average molecular weight is 437 g/mol. The van der Waals surface area contributed by atoms with Crippen LogP contribution < -0.4 is 15.4 Å². The summed E-state index contributed by atoms with van der Waals surface area (Å²) in [5.41, 5.74) is 1.42. The summed E-state index contributed by atoms with van der Waals surface area (Å²) in [4.78, 5) is 49.2. The van der Waals surface area contributed by atoms with Crippen LogP contribution in [-0.4, -0.2) is 46.8 Å². The van der Waals surface area contributed by atoms with Crippen LogP contribution in [0.1, 0.15) is 23.6 Å². The van der Waals surface area contributed by atoms with Gasteiger partial charge in [-0.1, -0.05) is 30.3 Å². The topological polar surface area (TPSA) is 125 Å². The Bertz CT molecular complexity index is 1080. The summed E-state index contributed by atoms with van der Waals surface area (Å²) in [6, 6.07) is 11.0. The Morgan fingerprint density at radius 1 is 1.16 bits per heavy atom. The van der Waals surface area contributed by atoms with Gasteiger partial charge in [0.05, 0.1) is 12.5 Å². The summed E-state index contributed by atoms with van der Waals surface area (Å²) in [5, 5.41) is 14.2. The molecule has 3 N–H and O–H groups in total. The number of amides is 3. The largest absolute Gasteiger partial charge is 0.481 e. The van der Waals surface area contributed by atoms with E-state index in [1.807, 2.05) is 31.2 Å². The molecular weight excluding hydrogens is 414 g/mol. The molecule has 2 aromatic rings. The number of aliphatic carboxylic acids is 1. The number of rotatable bonds is 7. The quantitative estimate of drug-likeness (QED) is 0.572. The highest BCUT2D eigenvalue weighted by Gasteiger charge is 2.32. The average Bonchev–Trinajstić information content (AvgIpc) is 2.75. The third-order valence-corrected chi connectivity index (χ3v) is 4.88. The zero-order chi connectivity index (χ0) is 23.3. The first-order chi connectivity index (χ1) is 15.2. The van der Waals surface area contributed by atoms with E-state index in [0.717, 1.165) is 5.56 Å². The van der Waals surface area contributed by atoms with Crippen molar-refractivity contribution < 1.29 is 29.0 Å². The van der Waals surface area contributed by atoms with E-state index in [4.69, 9.17) is 4.74 Å². The fourth-order valence-electron chi connectivity index (χ4n) is 3.16. The molecule has 32 heavy (non-hydrogen) atoms. The summed E-state index contributed by atoms with van der Waals surface area (Å²) in [5.74, 6) is -1.16. The summed E-state index contributed by atoms with van der Waals surface area (Å²) >= 11 is 0. The number of carbonyl (C=O) groups is 4. The van der Waals surface area contributed by atoms with Crippen LogP contribution in [0.5, 0.6) is 11.5 Å². The van der Waals surface area contributed by atoms with Gasteiger partial charge >= 0.3 is 12.0 Å². The van der Waals surface area contributed by atoms with Gasteiger partial charge in [-0.15, -0.1) is 0 Å². The molecule has 0 aromatic heterocycles. The zero-order valence-corrected chi connectivity index (χ0v) is 17.6. The molecule has 2 aromatic carbocycles. The Balaban J connectivity index is 1.76. The minimum atomic E-state index is -1.37. The van der Waals surface area contributed by atoms with Crippen molar-refractivity contribution in [2.24, 2.45) is 0 Å². The Hall–Kier alpha value is -4.14. The van der Waals surface area contributed by atoms with Gasteiger partial charge in [0.15, 0.2) is 11.8 Å². The molecule has 0 bridgehead atoms. The van der Waals surface area contributed by atoms with E-state index in [1.54, 1.807) is 24.3 Å². The van der Waals surface area contributed by atoms with Crippen molar-refractivity contribution in [3.63, 3.8) is 0 Å². The van der Waals surface area contributed by atoms with Crippen LogP contribution in [0, 0.1) is 6.92 Å². The van der Waals surface area contributed by atoms with Crippen molar-refractivity contribution in [2.75, 3.05) is 7.05 Å². The van der Waals surface area contributed by atoms with Gasteiger partial charge in [0.25, 0.3) is 5.91 Å². The number of nitrogens with zero attached hydrogens (tertiary/aromatic N) is 1. The second kappa shape index (κ2) is 9.78. The van der Waals surface area contributed by atoms with Gasteiger partial charge in [0.1, 0.15) is 11.5 Å². The summed E-state index contributed by atoms with van der Waals surface area (Å²) < 4.78 is 5.89. The smallest absolute Gasteiger partial charge is 0.316 e. The fourth-order valence-corrected chi connectivity index (χ4v) is 3.16. The molecule has 1 aliphatic rings. The zero-order valence-electron chi connectivity index (χ0n) is 17.6. The standard InChI is InChI=1S/C23H23N3O6/c1-14-6-3-4-9-19(14)32-16-8-5-7-15(12-16)17(13-20(28)29)24-23(31)25-21-18(27)10-11-26(2)22(21)30/h3-12,17,21H,13H2,1-2H3,(H,28,29)(H2,24,25,31). The van der Waals surface area contributed by atoms with Gasteiger partial charge in [0, 0.05) is 19.3 Å². The van der Waals surface area contributed by atoms with Gasteiger partial charge in [-0.2, -0.15) is 0 Å². The van der Waals surface area contributed by atoms with Crippen LogP contribution in [-0.2, 0) is 14.4 Å². The van der Waals surface area contributed by atoms with Crippen LogP contribution in [0.2, 0.25) is 0 Å². The molecule has 1 aliphatic heterocycles. The van der Waals surface area contributed by atoms with E-state index in [1.165, 1.54) is 24.2 Å². The molecule has 9 nitrogen and oxygen atoms in total. The lowest BCUT2D eigenvalue weighted by Gasteiger charge is -2.25. The molecule has 0 radical (unpaired) electrons. The SMILES string of the molecule is Cc1ccccc1Oc1cccc(C(CC(=O)O)NC(=O)NC2C(=O)C=CN(C)C2=O)c1. The monoisotopic (exact) mass is 437 g/mol. The van der Waals surface area contributed by atoms with Crippen molar-refractivity contribution in [3.05, 3.63) is 71.9 Å². The molecule has 0 saturated heterocycles. The summed E-state index contributed by atoms with van der Waals surface area (Å²) in [6.45, 7) is 1.90. The lowest BCUT2D eigenvalue weighted by atomic mass is 10.0. The van der Waals surface area contributed by atoms with Gasteiger partial charge < -0.3 is 25.4 Å². The lowest BCUT2D eigenvalue weighted by Crippen LogP contribution is -2.55. The number of carbonyl (C=O) groups excluding carboxylic acids is 3. The van der Waals surface area contributed by atoms with Gasteiger partial charge in [-0.25, -0.2) is 4.79 Å². The normalized spacial score (nSPS) is 16.4. The van der Waals surface area contributed by atoms with E-state index in [2.05, 4.69) is 10.6 Å². The molecule has 0 aliphatic carbocycles. The van der Waals surface area contributed by atoms with Crippen molar-refractivity contribution >= 4 is 23.7 Å². The number of aryl methyl sites for hydroxylation is 1. The summed E-state index contributed by atoms with van der Waals surface area (Å²) in [7, 11) is 1.46. The first-order valence-electron chi connectivity index (χ1n) is 9.85. The Morgan fingerprint density at radius 2 is 1.91 bits per heavy atom. The van der Waals surface area contributed by atoms with Crippen LogP contribution in [0.4, 0.5) is 4.79 Å². The highest BCUT2D eigenvalue weighted by atomic mass is 16.5. The van der Waals surface area contributed by atoms with E-state index < -0.39 is 42.2 Å². The van der Waals surface area contributed by atoms with Gasteiger partial charge in [0.2, 0.25) is 0 Å². The van der Waals surface area contributed by atoms with Crippen LogP contribution >= 0.6 is 0 Å². The second-order valence-electron chi connectivity index (χ2n) is 7.31. The maximum atomic E-state index is 12.5. The van der Waals surface area contributed by atoms with E-state index in [9.17, 15) is 24.3 Å². The van der Waals surface area contributed by atoms with Crippen molar-refractivity contribution in [2.45, 2.75) is 25.4 Å². The molecular formula is C23H23N3O6. The van der Waals surface area contributed by atoms with Crippen LogP contribution in [0.25, 0.3) is 0 Å². The third-order valence-electron chi connectivity index (χ3n) is 4.88. The molecule has 1 heterocycles. The molecule has 0 saturated carbocycles. The van der Waals surface area contributed by atoms with Gasteiger partial charge in [-0.05, 0) is 36.2 Å². The number of ketones is 1. The minimum absolute atomic E-state index is 0.409. The lowest BCUT2D eigenvalue weighted by molar-refractivity contribution is -0.138. The molecule has 0 fully saturated rings. The highest BCUT2D eigenvalue weighted by molar-refractivity contribution is 6.14. The first-order valence-corrected chi connectivity index (χ1v) is 9.85. The van der Waals surface area contributed by atoms with Crippen molar-refractivity contribution in [1.29, 1.82) is 0 Å². The molecule has 2 atom stereocenters. The summed E-state index contributed by atoms with van der Waals surface area (Å²) in [6.07, 6.45) is 2.09. The maximum Gasteiger partial charge on any atom is 0.316 e.